The zero-order valence-corrected chi connectivity index (χ0v) is 26.9. The van der Waals surface area contributed by atoms with Crippen LogP contribution in [0.2, 0.25) is 0 Å². The highest BCUT2D eigenvalue weighted by Gasteiger charge is 2.35. The molecule has 1 saturated carbocycles. The minimum absolute atomic E-state index is 0.0142. The van der Waals surface area contributed by atoms with Gasteiger partial charge in [0.2, 0.25) is 15.9 Å². The van der Waals surface area contributed by atoms with Gasteiger partial charge in [0.1, 0.15) is 12.4 Å². The van der Waals surface area contributed by atoms with Crippen molar-refractivity contribution in [3.8, 4) is 5.75 Å². The first-order chi connectivity index (χ1) is 20.8. The van der Waals surface area contributed by atoms with E-state index < -0.39 is 10.0 Å². The van der Waals surface area contributed by atoms with E-state index >= 15 is 0 Å². The predicted molar refractivity (Wildman–Crippen MR) is 169 cm³/mol. The first-order valence-electron chi connectivity index (χ1n) is 16.1. The summed E-state index contributed by atoms with van der Waals surface area (Å²) in [4.78, 5) is 15.8. The lowest BCUT2D eigenvalue weighted by Gasteiger charge is -2.39. The average Bonchev–Trinajstić information content (AvgIpc) is 3.53. The van der Waals surface area contributed by atoms with Crippen LogP contribution in [0.5, 0.6) is 5.75 Å². The van der Waals surface area contributed by atoms with Gasteiger partial charge in [-0.15, -0.1) is 0 Å². The van der Waals surface area contributed by atoms with Gasteiger partial charge < -0.3 is 14.8 Å². The molecule has 8 nitrogen and oxygen atoms in total. The van der Waals surface area contributed by atoms with Crippen molar-refractivity contribution in [2.75, 3.05) is 46.5 Å². The molecule has 9 heteroatoms. The third-order valence-electron chi connectivity index (χ3n) is 9.59. The number of rotatable bonds is 11. The first-order valence-corrected chi connectivity index (χ1v) is 17.5. The Labute approximate surface area is 258 Å². The fourth-order valence-corrected chi connectivity index (χ4v) is 9.53. The number of likely N-dealkylation sites (tertiary alicyclic amines) is 1. The van der Waals surface area contributed by atoms with Gasteiger partial charge in [0.05, 0.1) is 18.6 Å². The standard InChI is InChI=1S/C34H49N3O5S/c1-25-20-31(41-3)21-26(2)34(25)43(39,40)37-19-9-10-27(22-37)23-42-24-32(38)35-30-15-13-29(14-16-30)33(36-17-7-8-18-36)28-11-5-4-6-12-28/h4-6,11-12,20-21,27,29-30,33H,7-10,13-19,22-24H2,1-3H3,(H,35,38). The Morgan fingerprint density at radius 2 is 1.63 bits per heavy atom. The number of hydrogen-bond donors (Lipinski definition) is 1. The molecule has 1 amide bonds. The third kappa shape index (κ3) is 7.80. The molecule has 3 aliphatic rings. The lowest BCUT2D eigenvalue weighted by atomic mass is 9.78. The number of piperidine rings is 1. The zero-order chi connectivity index (χ0) is 30.4. The molecule has 2 heterocycles. The number of amides is 1. The van der Waals surface area contributed by atoms with Gasteiger partial charge in [-0.3, -0.25) is 9.69 Å². The smallest absolute Gasteiger partial charge is 0.246 e. The van der Waals surface area contributed by atoms with E-state index in [1.54, 1.807) is 23.5 Å². The van der Waals surface area contributed by atoms with Crippen LogP contribution < -0.4 is 10.1 Å². The second-order valence-corrected chi connectivity index (χ2v) is 14.6. The quantitative estimate of drug-likeness (QED) is 0.374. The number of nitrogens with one attached hydrogen (secondary N) is 1. The molecule has 2 saturated heterocycles. The molecule has 0 aromatic heterocycles. The summed E-state index contributed by atoms with van der Waals surface area (Å²) in [6.07, 6.45) is 8.44. The van der Waals surface area contributed by atoms with Crippen LogP contribution in [0.25, 0.3) is 0 Å². The Balaban J connectivity index is 1.07. The molecule has 43 heavy (non-hydrogen) atoms. The van der Waals surface area contributed by atoms with Crippen molar-refractivity contribution >= 4 is 15.9 Å². The van der Waals surface area contributed by atoms with Gasteiger partial charge in [0.25, 0.3) is 0 Å². The van der Waals surface area contributed by atoms with Crippen molar-refractivity contribution in [1.29, 1.82) is 0 Å². The molecule has 2 aromatic carbocycles. The Morgan fingerprint density at radius 1 is 0.953 bits per heavy atom. The second-order valence-electron chi connectivity index (χ2n) is 12.8. The number of aryl methyl sites for hydroxylation is 2. The van der Waals surface area contributed by atoms with Crippen molar-refractivity contribution in [1.82, 2.24) is 14.5 Å². The fraction of sp³-hybridized carbons (Fsp3) is 0.618. The van der Waals surface area contributed by atoms with E-state index in [4.69, 9.17) is 9.47 Å². The summed E-state index contributed by atoms with van der Waals surface area (Å²) < 4.78 is 39.9. The summed E-state index contributed by atoms with van der Waals surface area (Å²) in [5.41, 5.74) is 2.80. The van der Waals surface area contributed by atoms with E-state index in [2.05, 4.69) is 40.5 Å². The largest absolute Gasteiger partial charge is 0.497 e. The molecule has 2 atom stereocenters. The monoisotopic (exact) mass is 611 g/mol. The predicted octanol–water partition coefficient (Wildman–Crippen LogP) is 5.24. The lowest BCUT2D eigenvalue weighted by molar-refractivity contribution is -0.127. The summed E-state index contributed by atoms with van der Waals surface area (Å²) in [5, 5.41) is 3.21. The van der Waals surface area contributed by atoms with E-state index in [0.29, 0.717) is 53.4 Å². The highest BCUT2D eigenvalue weighted by Crippen LogP contribution is 2.40. The van der Waals surface area contributed by atoms with Gasteiger partial charge in [0.15, 0.2) is 0 Å². The minimum Gasteiger partial charge on any atom is -0.497 e. The van der Waals surface area contributed by atoms with Gasteiger partial charge in [-0.1, -0.05) is 30.3 Å². The molecule has 3 fully saturated rings. The number of ether oxygens (including phenoxy) is 2. The average molecular weight is 612 g/mol. The summed E-state index contributed by atoms with van der Waals surface area (Å²) in [6.45, 7) is 7.27. The van der Waals surface area contributed by atoms with E-state index in [9.17, 15) is 13.2 Å². The van der Waals surface area contributed by atoms with Gasteiger partial charge >= 0.3 is 0 Å². The van der Waals surface area contributed by atoms with Crippen LogP contribution in [-0.4, -0.2) is 76.1 Å². The van der Waals surface area contributed by atoms with Gasteiger partial charge in [-0.25, -0.2) is 8.42 Å². The molecule has 0 bridgehead atoms. The molecule has 2 aromatic rings. The lowest BCUT2D eigenvalue weighted by Crippen LogP contribution is -2.43. The van der Waals surface area contributed by atoms with Crippen molar-refractivity contribution < 1.29 is 22.7 Å². The van der Waals surface area contributed by atoms with Gasteiger partial charge in [-0.05, 0) is 119 Å². The maximum atomic E-state index is 13.6. The second kappa shape index (κ2) is 14.5. The number of nitrogens with zero attached hydrogens (tertiary/aromatic N) is 2. The molecule has 5 rings (SSSR count). The van der Waals surface area contributed by atoms with E-state index in [-0.39, 0.29) is 24.5 Å². The van der Waals surface area contributed by atoms with Crippen LogP contribution in [-0.2, 0) is 19.6 Å². The van der Waals surface area contributed by atoms with Crippen LogP contribution in [0.4, 0.5) is 0 Å². The summed E-state index contributed by atoms with van der Waals surface area (Å²) >= 11 is 0. The fourth-order valence-electron chi connectivity index (χ4n) is 7.56. The Bertz CT molecular complexity index is 1300. The van der Waals surface area contributed by atoms with Crippen LogP contribution in [0.1, 0.15) is 74.1 Å². The molecule has 0 radical (unpaired) electrons. The number of carbonyl (C=O) groups is 1. The number of carbonyl (C=O) groups excluding carboxylic acids is 1. The van der Waals surface area contributed by atoms with Crippen molar-refractivity contribution in [3.63, 3.8) is 0 Å². The van der Waals surface area contributed by atoms with Crippen LogP contribution in [0.3, 0.4) is 0 Å². The topological polar surface area (TPSA) is 88.2 Å². The molecule has 1 N–H and O–H groups in total. The molecule has 236 valence electrons. The van der Waals surface area contributed by atoms with Crippen LogP contribution in [0, 0.1) is 25.7 Å². The minimum atomic E-state index is -3.64. The number of sulfonamides is 1. The van der Waals surface area contributed by atoms with E-state index in [1.807, 2.05) is 13.8 Å². The maximum Gasteiger partial charge on any atom is 0.246 e. The normalized spacial score (nSPS) is 24.5. The van der Waals surface area contributed by atoms with Crippen molar-refractivity contribution in [2.24, 2.45) is 11.8 Å². The summed E-state index contributed by atoms with van der Waals surface area (Å²) in [7, 11) is -2.05. The molecular weight excluding hydrogens is 562 g/mol. The van der Waals surface area contributed by atoms with Gasteiger partial charge in [0, 0.05) is 25.2 Å². The first kappa shape index (κ1) is 31.9. The maximum absolute atomic E-state index is 13.6. The molecule has 2 aliphatic heterocycles. The van der Waals surface area contributed by atoms with Crippen LogP contribution in [0.15, 0.2) is 47.4 Å². The van der Waals surface area contributed by atoms with E-state index in [1.165, 1.54) is 31.5 Å². The highest BCUT2D eigenvalue weighted by molar-refractivity contribution is 7.89. The highest BCUT2D eigenvalue weighted by atomic mass is 32.2. The Morgan fingerprint density at radius 3 is 2.28 bits per heavy atom. The molecule has 2 unspecified atom stereocenters. The molecule has 1 aliphatic carbocycles. The molecule has 0 spiro atoms. The summed E-state index contributed by atoms with van der Waals surface area (Å²) in [6, 6.07) is 15.1. The number of benzene rings is 2. The Kier molecular flexibility index (Phi) is 10.8. The van der Waals surface area contributed by atoms with Crippen LogP contribution >= 0.6 is 0 Å². The molecular formula is C34H49N3O5S. The van der Waals surface area contributed by atoms with Gasteiger partial charge in [-0.2, -0.15) is 4.31 Å². The summed E-state index contributed by atoms with van der Waals surface area (Å²) in [5.74, 6) is 1.25. The zero-order valence-electron chi connectivity index (χ0n) is 26.1. The number of hydrogen-bond acceptors (Lipinski definition) is 6. The van der Waals surface area contributed by atoms with E-state index in [0.717, 1.165) is 38.5 Å². The third-order valence-corrected chi connectivity index (χ3v) is 11.8. The van der Waals surface area contributed by atoms with Crippen molar-refractivity contribution in [2.45, 2.75) is 82.2 Å². The Hall–Kier alpha value is -2.46. The SMILES string of the molecule is COc1cc(C)c(S(=O)(=O)N2CCCC(COCC(=O)NC3CCC(C(c4ccccc4)N4CCCC4)CC3)C2)c(C)c1. The van der Waals surface area contributed by atoms with Crippen molar-refractivity contribution in [3.05, 3.63) is 59.2 Å². The number of methoxy groups -OCH3 is 1.